The van der Waals surface area contributed by atoms with Crippen molar-refractivity contribution in [3.8, 4) is 0 Å². The molecule has 1 unspecified atom stereocenters. The third-order valence-corrected chi connectivity index (χ3v) is 4.76. The van der Waals surface area contributed by atoms with Crippen LogP contribution in [0.4, 0.5) is 0 Å². The van der Waals surface area contributed by atoms with Gasteiger partial charge in [0.05, 0.1) is 6.26 Å². The zero-order chi connectivity index (χ0) is 16.1. The molecule has 1 aliphatic rings. The lowest BCUT2D eigenvalue weighted by Crippen LogP contribution is -2.49. The van der Waals surface area contributed by atoms with E-state index in [2.05, 4.69) is 4.90 Å². The minimum Gasteiger partial charge on any atom is -0.467 e. The van der Waals surface area contributed by atoms with Crippen LogP contribution in [0.2, 0.25) is 0 Å². The van der Waals surface area contributed by atoms with Crippen LogP contribution in [0.15, 0.2) is 46.4 Å². The lowest BCUT2D eigenvalue weighted by molar-refractivity contribution is -0.127. The number of carbonyl (C=O) groups is 1. The van der Waals surface area contributed by atoms with Gasteiger partial charge in [-0.25, -0.2) is 0 Å². The topological polar surface area (TPSA) is 56.9 Å². The van der Waals surface area contributed by atoms with Crippen LogP contribution in [-0.4, -0.2) is 53.5 Å². The highest BCUT2D eigenvalue weighted by Gasteiger charge is 2.22. The Kier molecular flexibility index (Phi) is 5.27. The molecule has 1 atom stereocenters. The normalized spacial score (nSPS) is 17.7. The average molecular weight is 332 g/mol. The molecule has 2 aromatic rings. The number of carbonyl (C=O) groups excluding carboxylic acids is 1. The van der Waals surface area contributed by atoms with Gasteiger partial charge in [-0.1, -0.05) is 6.07 Å². The molecule has 0 bridgehead atoms. The summed E-state index contributed by atoms with van der Waals surface area (Å²) in [6.07, 6.45) is 4.44. The van der Waals surface area contributed by atoms with Gasteiger partial charge in [0, 0.05) is 43.7 Å². The highest BCUT2D eigenvalue weighted by atomic mass is 32.1. The maximum absolute atomic E-state index is 12.2. The van der Waals surface area contributed by atoms with Crippen LogP contribution in [0.3, 0.4) is 0 Å². The number of aliphatic hydroxyl groups excluding tert-OH is 1. The average Bonchev–Trinajstić information content (AvgIpc) is 3.26. The molecule has 3 rings (SSSR count). The first kappa shape index (κ1) is 16.0. The minimum atomic E-state index is -0.619. The van der Waals surface area contributed by atoms with Crippen LogP contribution in [0, 0.1) is 0 Å². The van der Waals surface area contributed by atoms with Gasteiger partial charge in [0.25, 0.3) is 0 Å². The van der Waals surface area contributed by atoms with E-state index < -0.39 is 6.10 Å². The van der Waals surface area contributed by atoms with E-state index >= 15 is 0 Å². The smallest absolute Gasteiger partial charge is 0.246 e. The first-order chi connectivity index (χ1) is 11.2. The van der Waals surface area contributed by atoms with Gasteiger partial charge < -0.3 is 14.4 Å². The second-order valence-corrected chi connectivity index (χ2v) is 6.49. The number of furan rings is 1. The molecule has 0 aliphatic carbocycles. The van der Waals surface area contributed by atoms with E-state index in [1.54, 1.807) is 35.8 Å². The Morgan fingerprint density at radius 2 is 2.13 bits per heavy atom. The van der Waals surface area contributed by atoms with Crippen LogP contribution >= 0.6 is 11.3 Å². The predicted octanol–water partition coefficient (Wildman–Crippen LogP) is 2.23. The summed E-state index contributed by atoms with van der Waals surface area (Å²) in [5.41, 5.74) is 0. The quantitative estimate of drug-likeness (QED) is 0.853. The molecule has 0 aromatic carbocycles. The van der Waals surface area contributed by atoms with E-state index in [9.17, 15) is 9.90 Å². The number of piperazine rings is 1. The molecule has 1 N–H and O–H groups in total. The summed E-state index contributed by atoms with van der Waals surface area (Å²) < 4.78 is 5.21. The number of hydrogen-bond donors (Lipinski definition) is 1. The molecule has 1 fully saturated rings. The number of aliphatic hydroxyl groups is 1. The van der Waals surface area contributed by atoms with E-state index in [1.807, 2.05) is 28.5 Å². The van der Waals surface area contributed by atoms with Crippen LogP contribution in [0.1, 0.15) is 16.7 Å². The summed E-state index contributed by atoms with van der Waals surface area (Å²) in [6, 6.07) is 7.51. The van der Waals surface area contributed by atoms with E-state index in [1.165, 1.54) is 0 Å². The summed E-state index contributed by atoms with van der Waals surface area (Å²) in [6.45, 7) is 3.41. The number of rotatable bonds is 5. The number of β-amino-alcohol motifs (C(OH)–C–C–N with tert-alkyl or cyclic N) is 1. The molecule has 3 heterocycles. The second-order valence-electron chi connectivity index (χ2n) is 5.51. The third kappa shape index (κ3) is 4.31. The van der Waals surface area contributed by atoms with E-state index in [0.29, 0.717) is 25.4 Å². The predicted molar refractivity (Wildman–Crippen MR) is 90.0 cm³/mol. The van der Waals surface area contributed by atoms with Crippen molar-refractivity contribution in [1.82, 2.24) is 9.80 Å². The summed E-state index contributed by atoms with van der Waals surface area (Å²) in [5, 5.41) is 12.1. The molecule has 1 aliphatic heterocycles. The van der Waals surface area contributed by atoms with Crippen molar-refractivity contribution >= 4 is 23.3 Å². The lowest BCUT2D eigenvalue weighted by atomic mass is 10.2. The van der Waals surface area contributed by atoms with Crippen LogP contribution in [0.5, 0.6) is 0 Å². The van der Waals surface area contributed by atoms with Crippen molar-refractivity contribution in [2.45, 2.75) is 6.10 Å². The molecular formula is C17H20N2O3S. The standard InChI is InChI=1S/C17H20N2O3S/c20-15(16-4-1-11-22-16)13-18-7-9-19(10-8-18)17(21)6-5-14-3-2-12-23-14/h1-6,11-12,15,20H,7-10,13H2/b6-5+. The maximum Gasteiger partial charge on any atom is 0.246 e. The van der Waals surface area contributed by atoms with Crippen molar-refractivity contribution in [3.05, 3.63) is 52.6 Å². The molecule has 2 aromatic heterocycles. The van der Waals surface area contributed by atoms with Crippen LogP contribution < -0.4 is 0 Å². The van der Waals surface area contributed by atoms with Gasteiger partial charge in [-0.2, -0.15) is 0 Å². The largest absolute Gasteiger partial charge is 0.467 e. The Morgan fingerprint density at radius 1 is 1.30 bits per heavy atom. The first-order valence-corrected chi connectivity index (χ1v) is 8.54. The molecule has 6 heteroatoms. The van der Waals surface area contributed by atoms with Crippen LogP contribution in [0.25, 0.3) is 6.08 Å². The van der Waals surface area contributed by atoms with E-state index in [4.69, 9.17) is 4.42 Å². The fourth-order valence-corrected chi connectivity index (χ4v) is 3.23. The molecule has 1 amide bonds. The van der Waals surface area contributed by atoms with Gasteiger partial charge in [0.2, 0.25) is 5.91 Å². The van der Waals surface area contributed by atoms with Gasteiger partial charge in [0.15, 0.2) is 0 Å². The summed E-state index contributed by atoms with van der Waals surface area (Å²) >= 11 is 1.61. The molecule has 0 saturated carbocycles. The highest BCUT2D eigenvalue weighted by molar-refractivity contribution is 7.10. The summed E-state index contributed by atoms with van der Waals surface area (Å²) in [7, 11) is 0. The number of hydrogen-bond acceptors (Lipinski definition) is 5. The van der Waals surface area contributed by atoms with E-state index in [-0.39, 0.29) is 5.91 Å². The number of nitrogens with zero attached hydrogens (tertiary/aromatic N) is 2. The molecule has 0 spiro atoms. The van der Waals surface area contributed by atoms with Crippen molar-refractivity contribution in [2.75, 3.05) is 32.7 Å². The Labute approximate surface area is 139 Å². The van der Waals surface area contributed by atoms with Crippen LogP contribution in [-0.2, 0) is 4.79 Å². The van der Waals surface area contributed by atoms with Gasteiger partial charge in [0.1, 0.15) is 11.9 Å². The maximum atomic E-state index is 12.2. The Balaban J connectivity index is 1.45. The lowest BCUT2D eigenvalue weighted by Gasteiger charge is -2.34. The number of amides is 1. The highest BCUT2D eigenvalue weighted by Crippen LogP contribution is 2.16. The zero-order valence-corrected chi connectivity index (χ0v) is 13.6. The third-order valence-electron chi connectivity index (χ3n) is 3.92. The molecule has 5 nitrogen and oxygen atoms in total. The second kappa shape index (κ2) is 7.59. The molecular weight excluding hydrogens is 312 g/mol. The minimum absolute atomic E-state index is 0.0460. The Bertz CT molecular complexity index is 629. The Morgan fingerprint density at radius 3 is 2.78 bits per heavy atom. The first-order valence-electron chi connectivity index (χ1n) is 7.67. The van der Waals surface area contributed by atoms with Gasteiger partial charge in [-0.05, 0) is 29.7 Å². The summed E-state index contributed by atoms with van der Waals surface area (Å²) in [5.74, 6) is 0.632. The zero-order valence-electron chi connectivity index (χ0n) is 12.8. The fourth-order valence-electron chi connectivity index (χ4n) is 2.61. The SMILES string of the molecule is O=C(/C=C/c1cccs1)N1CCN(CC(O)c2ccco2)CC1. The van der Waals surface area contributed by atoms with Gasteiger partial charge in [-0.3, -0.25) is 9.69 Å². The molecule has 122 valence electrons. The summed E-state index contributed by atoms with van der Waals surface area (Å²) in [4.78, 5) is 17.3. The molecule has 0 radical (unpaired) electrons. The monoisotopic (exact) mass is 332 g/mol. The number of thiophene rings is 1. The van der Waals surface area contributed by atoms with Crippen molar-refractivity contribution < 1.29 is 14.3 Å². The fraction of sp³-hybridized carbons (Fsp3) is 0.353. The molecule has 23 heavy (non-hydrogen) atoms. The van der Waals surface area contributed by atoms with Crippen molar-refractivity contribution in [1.29, 1.82) is 0 Å². The van der Waals surface area contributed by atoms with Crippen molar-refractivity contribution in [2.24, 2.45) is 0 Å². The Hall–Kier alpha value is -1.89. The van der Waals surface area contributed by atoms with Gasteiger partial charge >= 0.3 is 0 Å². The molecule has 1 saturated heterocycles. The van der Waals surface area contributed by atoms with Gasteiger partial charge in [-0.15, -0.1) is 11.3 Å². The van der Waals surface area contributed by atoms with Crippen molar-refractivity contribution in [3.63, 3.8) is 0 Å². The van der Waals surface area contributed by atoms with E-state index in [0.717, 1.165) is 18.0 Å².